The minimum atomic E-state index is -0.546. The highest BCUT2D eigenvalue weighted by Crippen LogP contribution is 2.22. The Balaban J connectivity index is 0.000000847. The lowest BCUT2D eigenvalue weighted by Gasteiger charge is -2.06. The van der Waals surface area contributed by atoms with Crippen LogP contribution in [0.4, 0.5) is 0 Å². The first kappa shape index (κ1) is 15.8. The molecule has 1 aromatic heterocycles. The molecule has 0 saturated heterocycles. The van der Waals surface area contributed by atoms with Gasteiger partial charge in [-0.1, -0.05) is 31.5 Å². The molecule has 0 aliphatic carbocycles. The highest BCUT2D eigenvalue weighted by molar-refractivity contribution is 6.05. The van der Waals surface area contributed by atoms with Gasteiger partial charge < -0.3 is 9.15 Å². The van der Waals surface area contributed by atoms with Crippen molar-refractivity contribution in [2.75, 3.05) is 7.11 Å². The van der Waals surface area contributed by atoms with Crippen LogP contribution >= 0.6 is 0 Å². The van der Waals surface area contributed by atoms with E-state index >= 15 is 0 Å². The van der Waals surface area contributed by atoms with Crippen LogP contribution in [0.1, 0.15) is 29.8 Å². The molecule has 0 saturated carbocycles. The molecule has 3 rings (SSSR count). The summed E-state index contributed by atoms with van der Waals surface area (Å²) in [6, 6.07) is 10.3. The Labute approximate surface area is 128 Å². The van der Waals surface area contributed by atoms with Gasteiger partial charge in [-0.2, -0.15) is 0 Å². The van der Waals surface area contributed by atoms with Crippen molar-refractivity contribution in [1.29, 1.82) is 0 Å². The molecule has 0 spiro atoms. The Morgan fingerprint density at radius 3 is 2.50 bits per heavy atom. The van der Waals surface area contributed by atoms with Gasteiger partial charge in [0.05, 0.1) is 23.4 Å². The van der Waals surface area contributed by atoms with Crippen LogP contribution < -0.4 is 5.43 Å². The van der Waals surface area contributed by atoms with Crippen LogP contribution in [0.3, 0.4) is 0 Å². The van der Waals surface area contributed by atoms with Crippen LogP contribution in [-0.2, 0) is 4.74 Å². The summed E-state index contributed by atoms with van der Waals surface area (Å²) in [5, 5.41) is 0.728. The third kappa shape index (κ3) is 2.60. The van der Waals surface area contributed by atoms with Gasteiger partial charge in [-0.15, -0.1) is 0 Å². The second-order valence-corrected chi connectivity index (χ2v) is 4.60. The molecule has 0 fully saturated rings. The summed E-state index contributed by atoms with van der Waals surface area (Å²) in [4.78, 5) is 24.4. The number of aryl methyl sites for hydroxylation is 1. The van der Waals surface area contributed by atoms with Crippen molar-refractivity contribution in [2.45, 2.75) is 20.8 Å². The maximum atomic E-state index is 12.6. The lowest BCUT2D eigenvalue weighted by molar-refractivity contribution is 0.0603. The summed E-state index contributed by atoms with van der Waals surface area (Å²) >= 11 is 0. The van der Waals surface area contributed by atoms with Gasteiger partial charge in [0.25, 0.3) is 0 Å². The van der Waals surface area contributed by atoms with E-state index in [9.17, 15) is 9.59 Å². The average Bonchev–Trinajstić information content (AvgIpc) is 2.56. The quantitative estimate of drug-likeness (QED) is 0.502. The van der Waals surface area contributed by atoms with Crippen molar-refractivity contribution in [1.82, 2.24) is 0 Å². The number of carbonyl (C=O) groups is 1. The number of fused-ring (bicyclic) bond motifs is 2. The van der Waals surface area contributed by atoms with Gasteiger partial charge in [0.1, 0.15) is 11.2 Å². The van der Waals surface area contributed by atoms with Gasteiger partial charge in [0.2, 0.25) is 5.43 Å². The molecule has 0 unspecified atom stereocenters. The third-order valence-electron chi connectivity index (χ3n) is 3.26. The van der Waals surface area contributed by atoms with Crippen molar-refractivity contribution in [3.63, 3.8) is 0 Å². The molecule has 0 radical (unpaired) electrons. The molecule has 1 heterocycles. The number of benzene rings is 2. The van der Waals surface area contributed by atoms with E-state index in [0.717, 1.165) is 5.56 Å². The van der Waals surface area contributed by atoms with Crippen molar-refractivity contribution in [2.24, 2.45) is 0 Å². The summed E-state index contributed by atoms with van der Waals surface area (Å²) in [5.41, 5.74) is 1.86. The number of ether oxygens (including phenoxy) is 1. The molecular weight excluding hydrogens is 280 g/mol. The van der Waals surface area contributed by atoms with E-state index in [0.29, 0.717) is 16.6 Å². The Hall–Kier alpha value is -2.62. The molecule has 22 heavy (non-hydrogen) atoms. The first-order valence-electron chi connectivity index (χ1n) is 7.16. The van der Waals surface area contributed by atoms with E-state index < -0.39 is 5.97 Å². The second kappa shape index (κ2) is 6.43. The number of rotatable bonds is 1. The minimum Gasteiger partial charge on any atom is -0.465 e. The van der Waals surface area contributed by atoms with Gasteiger partial charge in [-0.05, 0) is 31.2 Å². The van der Waals surface area contributed by atoms with Crippen LogP contribution in [0.25, 0.3) is 21.9 Å². The summed E-state index contributed by atoms with van der Waals surface area (Å²) in [5.74, 6) is -0.546. The fraction of sp³-hybridized carbons (Fsp3) is 0.222. The standard InChI is InChI=1S/C16H12O4.C2H6/c1-9-6-7-12-11(8-9)15(17)14-10(16(18)19-2)4-3-5-13(14)20-12;1-2/h3-8H,1-2H3;1-2H3. The number of hydrogen-bond donors (Lipinski definition) is 0. The molecule has 114 valence electrons. The highest BCUT2D eigenvalue weighted by atomic mass is 16.5. The van der Waals surface area contributed by atoms with Crippen LogP contribution in [0.5, 0.6) is 0 Å². The maximum Gasteiger partial charge on any atom is 0.338 e. The van der Waals surface area contributed by atoms with Crippen molar-refractivity contribution in [3.05, 3.63) is 57.7 Å². The van der Waals surface area contributed by atoms with Gasteiger partial charge in [-0.25, -0.2) is 4.79 Å². The topological polar surface area (TPSA) is 56.5 Å². The third-order valence-corrected chi connectivity index (χ3v) is 3.26. The summed E-state index contributed by atoms with van der Waals surface area (Å²) in [6.45, 7) is 5.90. The summed E-state index contributed by atoms with van der Waals surface area (Å²) < 4.78 is 10.4. The molecule has 3 aromatic rings. The van der Waals surface area contributed by atoms with Gasteiger partial charge >= 0.3 is 5.97 Å². The Bertz CT molecular complexity index is 891. The first-order chi connectivity index (χ1) is 10.6. The zero-order valence-electron chi connectivity index (χ0n) is 13.1. The largest absolute Gasteiger partial charge is 0.465 e. The zero-order valence-corrected chi connectivity index (χ0v) is 13.1. The zero-order chi connectivity index (χ0) is 16.3. The fourth-order valence-corrected chi connectivity index (χ4v) is 2.29. The van der Waals surface area contributed by atoms with E-state index in [1.807, 2.05) is 26.8 Å². The molecular formula is C18H18O4. The molecule has 0 aliphatic rings. The lowest BCUT2D eigenvalue weighted by Crippen LogP contribution is -2.10. The number of carbonyl (C=O) groups excluding carboxylic acids is 1. The monoisotopic (exact) mass is 298 g/mol. The first-order valence-corrected chi connectivity index (χ1v) is 7.16. The minimum absolute atomic E-state index is 0.217. The van der Waals surface area contributed by atoms with Gasteiger partial charge in [0.15, 0.2) is 0 Å². The van der Waals surface area contributed by atoms with E-state index in [1.54, 1.807) is 30.3 Å². The molecule has 0 N–H and O–H groups in total. The lowest BCUT2D eigenvalue weighted by atomic mass is 10.1. The maximum absolute atomic E-state index is 12.6. The van der Waals surface area contributed by atoms with Gasteiger partial charge in [0, 0.05) is 0 Å². The van der Waals surface area contributed by atoms with Crippen LogP contribution in [0.15, 0.2) is 45.6 Å². The molecule has 2 aromatic carbocycles. The number of methoxy groups -OCH3 is 1. The number of esters is 1. The van der Waals surface area contributed by atoms with Gasteiger partial charge in [-0.3, -0.25) is 4.79 Å². The van der Waals surface area contributed by atoms with Crippen LogP contribution in [0.2, 0.25) is 0 Å². The summed E-state index contributed by atoms with van der Waals surface area (Å²) in [7, 11) is 1.29. The summed E-state index contributed by atoms with van der Waals surface area (Å²) in [6.07, 6.45) is 0. The average molecular weight is 298 g/mol. The molecule has 0 atom stereocenters. The Kier molecular flexibility index (Phi) is 4.61. The predicted octanol–water partition coefficient (Wildman–Crippen LogP) is 4.07. The molecule has 4 heteroatoms. The molecule has 0 bridgehead atoms. The van der Waals surface area contributed by atoms with Crippen molar-refractivity contribution >= 4 is 27.9 Å². The van der Waals surface area contributed by atoms with E-state index in [1.165, 1.54) is 7.11 Å². The number of hydrogen-bond acceptors (Lipinski definition) is 4. The van der Waals surface area contributed by atoms with E-state index in [2.05, 4.69) is 0 Å². The highest BCUT2D eigenvalue weighted by Gasteiger charge is 2.16. The van der Waals surface area contributed by atoms with E-state index in [-0.39, 0.29) is 16.4 Å². The van der Waals surface area contributed by atoms with Crippen LogP contribution in [-0.4, -0.2) is 13.1 Å². The Morgan fingerprint density at radius 2 is 1.82 bits per heavy atom. The molecule has 0 amide bonds. The normalized spacial score (nSPS) is 10.2. The fourth-order valence-electron chi connectivity index (χ4n) is 2.29. The van der Waals surface area contributed by atoms with E-state index in [4.69, 9.17) is 9.15 Å². The smallest absolute Gasteiger partial charge is 0.338 e. The predicted molar refractivity (Wildman–Crippen MR) is 87.4 cm³/mol. The van der Waals surface area contributed by atoms with Crippen molar-refractivity contribution in [3.8, 4) is 0 Å². The SMILES string of the molecule is CC.COC(=O)c1cccc2oc3ccc(C)cc3c(=O)c12. The molecule has 4 nitrogen and oxygen atoms in total. The molecule has 0 aliphatic heterocycles. The van der Waals surface area contributed by atoms with Crippen molar-refractivity contribution < 1.29 is 13.9 Å². The second-order valence-electron chi connectivity index (χ2n) is 4.60. The van der Waals surface area contributed by atoms with Crippen LogP contribution in [0, 0.1) is 6.92 Å². The Morgan fingerprint density at radius 1 is 1.09 bits per heavy atom.